The molecule has 3 heterocycles. The summed E-state index contributed by atoms with van der Waals surface area (Å²) in [5.74, 6) is 0.140. The van der Waals surface area contributed by atoms with E-state index in [0.717, 1.165) is 40.8 Å². The molecule has 9 heteroatoms. The third kappa shape index (κ3) is 4.59. The highest BCUT2D eigenvalue weighted by Gasteiger charge is 2.23. The van der Waals surface area contributed by atoms with Crippen LogP contribution >= 0.6 is 33.9 Å². The van der Waals surface area contributed by atoms with E-state index in [0.29, 0.717) is 26.6 Å². The van der Waals surface area contributed by atoms with E-state index in [1.54, 1.807) is 6.92 Å². The van der Waals surface area contributed by atoms with E-state index in [1.807, 2.05) is 30.0 Å². The standard InChI is InChI=1S/C23H25IN4O3S/c1-13-5-4-8-27(10-13)18(29)11-28-12-25-22-19(23(28)31)15(3)20(32-22)21(30)26-17-7-6-16(24)9-14(17)2/h6-7,9,12-13H,4-5,8,10-11H2,1-3H3,(H,26,30). The zero-order valence-corrected chi connectivity index (χ0v) is 21.2. The number of fused-ring (bicyclic) bond motifs is 1. The quantitative estimate of drug-likeness (QED) is 0.482. The third-order valence-electron chi connectivity index (χ3n) is 5.88. The Morgan fingerprint density at radius 2 is 2.09 bits per heavy atom. The van der Waals surface area contributed by atoms with E-state index in [9.17, 15) is 14.4 Å². The van der Waals surface area contributed by atoms with Gasteiger partial charge < -0.3 is 10.2 Å². The first-order chi connectivity index (χ1) is 15.2. The molecule has 0 spiro atoms. The molecular weight excluding hydrogens is 539 g/mol. The van der Waals surface area contributed by atoms with Crippen LogP contribution in [0.25, 0.3) is 10.2 Å². The van der Waals surface area contributed by atoms with Gasteiger partial charge >= 0.3 is 0 Å². The second-order valence-corrected chi connectivity index (χ2v) is 10.7. The van der Waals surface area contributed by atoms with Crippen LogP contribution in [0.3, 0.4) is 0 Å². The molecule has 1 N–H and O–H groups in total. The predicted molar refractivity (Wildman–Crippen MR) is 135 cm³/mol. The molecule has 0 bridgehead atoms. The molecule has 0 saturated carbocycles. The van der Waals surface area contributed by atoms with Gasteiger partial charge in [0, 0.05) is 22.3 Å². The third-order valence-corrected chi connectivity index (χ3v) is 7.75. The minimum absolute atomic E-state index is 0.0346. The number of aromatic nitrogens is 2. The molecule has 7 nitrogen and oxygen atoms in total. The number of hydrogen-bond acceptors (Lipinski definition) is 5. The number of likely N-dealkylation sites (tertiary alicyclic amines) is 1. The number of thiophene rings is 1. The van der Waals surface area contributed by atoms with Crippen LogP contribution in [0.2, 0.25) is 0 Å². The molecule has 1 atom stereocenters. The van der Waals surface area contributed by atoms with Gasteiger partial charge in [-0.1, -0.05) is 6.92 Å². The van der Waals surface area contributed by atoms with Gasteiger partial charge in [-0.25, -0.2) is 4.98 Å². The molecule has 3 aromatic rings. The lowest BCUT2D eigenvalue weighted by Gasteiger charge is -2.31. The van der Waals surface area contributed by atoms with Crippen molar-refractivity contribution in [2.75, 3.05) is 18.4 Å². The Kier molecular flexibility index (Phi) is 6.66. The summed E-state index contributed by atoms with van der Waals surface area (Å²) in [4.78, 5) is 46.0. The second-order valence-electron chi connectivity index (χ2n) is 8.41. The molecule has 2 amide bonds. The van der Waals surface area contributed by atoms with Crippen LogP contribution < -0.4 is 10.9 Å². The van der Waals surface area contributed by atoms with Crippen molar-refractivity contribution < 1.29 is 9.59 Å². The number of rotatable bonds is 4. The lowest BCUT2D eigenvalue weighted by molar-refractivity contribution is -0.133. The second kappa shape index (κ2) is 9.30. The van der Waals surface area contributed by atoms with Crippen LogP contribution in [0.15, 0.2) is 29.3 Å². The number of halogens is 1. The Balaban J connectivity index is 1.60. The van der Waals surface area contributed by atoms with Crippen LogP contribution in [0.5, 0.6) is 0 Å². The first-order valence-electron chi connectivity index (χ1n) is 10.6. The van der Waals surface area contributed by atoms with E-state index >= 15 is 0 Å². The largest absolute Gasteiger partial charge is 0.341 e. The van der Waals surface area contributed by atoms with Crippen molar-refractivity contribution in [2.45, 2.75) is 40.2 Å². The van der Waals surface area contributed by atoms with Crippen molar-refractivity contribution in [3.05, 3.63) is 54.5 Å². The number of benzene rings is 1. The molecule has 1 aromatic carbocycles. The highest BCUT2D eigenvalue weighted by atomic mass is 127. The average molecular weight is 564 g/mol. The maximum Gasteiger partial charge on any atom is 0.266 e. The van der Waals surface area contributed by atoms with Crippen molar-refractivity contribution >= 4 is 61.6 Å². The number of carbonyl (C=O) groups is 2. The van der Waals surface area contributed by atoms with Crippen LogP contribution in [-0.4, -0.2) is 39.4 Å². The molecule has 1 saturated heterocycles. The Bertz CT molecular complexity index is 1270. The molecule has 0 aliphatic carbocycles. The minimum atomic E-state index is -0.286. The summed E-state index contributed by atoms with van der Waals surface area (Å²) in [6.45, 7) is 7.26. The van der Waals surface area contributed by atoms with Crippen LogP contribution in [0.1, 0.15) is 40.6 Å². The lowest BCUT2D eigenvalue weighted by atomic mass is 10.0. The van der Waals surface area contributed by atoms with E-state index in [1.165, 1.54) is 22.2 Å². The number of amides is 2. The first kappa shape index (κ1) is 22.9. The first-order valence-corrected chi connectivity index (χ1v) is 12.5. The number of anilines is 1. The minimum Gasteiger partial charge on any atom is -0.341 e. The molecule has 1 aliphatic heterocycles. The zero-order valence-electron chi connectivity index (χ0n) is 18.3. The maximum absolute atomic E-state index is 13.1. The van der Waals surface area contributed by atoms with Crippen molar-refractivity contribution in [2.24, 2.45) is 5.92 Å². The predicted octanol–water partition coefficient (Wildman–Crippen LogP) is 4.19. The van der Waals surface area contributed by atoms with Crippen molar-refractivity contribution in [3.63, 3.8) is 0 Å². The number of nitrogens with zero attached hydrogens (tertiary/aromatic N) is 3. The molecule has 168 valence electrons. The van der Waals surface area contributed by atoms with Gasteiger partial charge in [0.2, 0.25) is 5.91 Å². The van der Waals surface area contributed by atoms with Gasteiger partial charge in [-0.05, 0) is 84.5 Å². The number of aryl methyl sites for hydroxylation is 2. The molecular formula is C23H25IN4O3S. The molecule has 2 aromatic heterocycles. The number of nitrogens with one attached hydrogen (secondary N) is 1. The molecule has 4 rings (SSSR count). The molecule has 1 fully saturated rings. The van der Waals surface area contributed by atoms with Gasteiger partial charge in [-0.3, -0.25) is 19.0 Å². The lowest BCUT2D eigenvalue weighted by Crippen LogP contribution is -2.42. The Morgan fingerprint density at radius 3 is 2.81 bits per heavy atom. The summed E-state index contributed by atoms with van der Waals surface area (Å²) in [5.41, 5.74) is 2.01. The van der Waals surface area contributed by atoms with E-state index in [-0.39, 0.29) is 23.9 Å². The van der Waals surface area contributed by atoms with Crippen molar-refractivity contribution in [1.82, 2.24) is 14.5 Å². The SMILES string of the molecule is Cc1cc(I)ccc1NC(=O)c1sc2ncn(CC(=O)N3CCCC(C)C3)c(=O)c2c1C. The monoisotopic (exact) mass is 564 g/mol. The van der Waals surface area contributed by atoms with Gasteiger partial charge in [-0.2, -0.15) is 0 Å². The fraction of sp³-hybridized carbons (Fsp3) is 0.391. The Morgan fingerprint density at radius 1 is 1.31 bits per heavy atom. The van der Waals surface area contributed by atoms with E-state index in [2.05, 4.69) is 39.8 Å². The normalized spacial score (nSPS) is 16.4. The number of carbonyl (C=O) groups excluding carboxylic acids is 2. The highest BCUT2D eigenvalue weighted by molar-refractivity contribution is 14.1. The summed E-state index contributed by atoms with van der Waals surface area (Å²) < 4.78 is 2.45. The van der Waals surface area contributed by atoms with E-state index < -0.39 is 0 Å². The summed E-state index contributed by atoms with van der Waals surface area (Å²) in [7, 11) is 0. The van der Waals surface area contributed by atoms with Gasteiger partial charge in [-0.15, -0.1) is 11.3 Å². The topological polar surface area (TPSA) is 84.3 Å². The van der Waals surface area contributed by atoms with Crippen LogP contribution in [0, 0.1) is 23.3 Å². The van der Waals surface area contributed by atoms with Crippen molar-refractivity contribution in [1.29, 1.82) is 0 Å². The molecule has 1 aliphatic rings. The number of piperidine rings is 1. The smallest absolute Gasteiger partial charge is 0.266 e. The average Bonchev–Trinajstić information content (AvgIpc) is 3.09. The van der Waals surface area contributed by atoms with Gasteiger partial charge in [0.25, 0.3) is 11.5 Å². The van der Waals surface area contributed by atoms with Crippen LogP contribution in [0.4, 0.5) is 5.69 Å². The van der Waals surface area contributed by atoms with Gasteiger partial charge in [0.1, 0.15) is 11.4 Å². The Hall–Kier alpha value is -2.27. The summed E-state index contributed by atoms with van der Waals surface area (Å²) in [6.07, 6.45) is 3.52. The fourth-order valence-corrected chi connectivity index (χ4v) is 5.78. The summed E-state index contributed by atoms with van der Waals surface area (Å²) >= 11 is 3.43. The fourth-order valence-electron chi connectivity index (χ4n) is 4.10. The molecule has 0 radical (unpaired) electrons. The van der Waals surface area contributed by atoms with Gasteiger partial charge in [0.15, 0.2) is 0 Å². The zero-order chi connectivity index (χ0) is 23.0. The summed E-state index contributed by atoms with van der Waals surface area (Å²) in [5, 5.41) is 3.34. The molecule has 32 heavy (non-hydrogen) atoms. The van der Waals surface area contributed by atoms with Gasteiger partial charge in [0.05, 0.1) is 16.6 Å². The van der Waals surface area contributed by atoms with E-state index in [4.69, 9.17) is 0 Å². The van der Waals surface area contributed by atoms with Crippen molar-refractivity contribution in [3.8, 4) is 0 Å². The maximum atomic E-state index is 13.1. The van der Waals surface area contributed by atoms with Crippen LogP contribution in [-0.2, 0) is 11.3 Å². The number of hydrogen-bond donors (Lipinski definition) is 1. The summed E-state index contributed by atoms with van der Waals surface area (Å²) in [6, 6.07) is 5.80. The highest BCUT2D eigenvalue weighted by Crippen LogP contribution is 2.28. The Labute approximate surface area is 204 Å². The molecule has 1 unspecified atom stereocenters.